The number of aliphatic hydroxyl groups excluding tert-OH is 1. The Bertz CT molecular complexity index is 254. The minimum absolute atomic E-state index is 0.0161. The molecule has 3 unspecified atom stereocenters. The first-order valence-corrected chi connectivity index (χ1v) is 6.41. The van der Waals surface area contributed by atoms with Crippen LogP contribution in [0, 0.1) is 0 Å². The molecular formula is C13H23NO2. The highest BCUT2D eigenvalue weighted by atomic mass is 16.5. The van der Waals surface area contributed by atoms with Crippen LogP contribution < -0.4 is 0 Å². The molecule has 0 aromatic heterocycles. The number of nitrogens with zero attached hydrogens (tertiary/aromatic N) is 1. The minimum atomic E-state index is -0.381. The summed E-state index contributed by atoms with van der Waals surface area (Å²) in [5.74, 6) is 0. The van der Waals surface area contributed by atoms with Crippen molar-refractivity contribution in [2.24, 2.45) is 0 Å². The first-order valence-electron chi connectivity index (χ1n) is 6.41. The van der Waals surface area contributed by atoms with Crippen molar-refractivity contribution in [2.75, 3.05) is 19.7 Å². The Balaban J connectivity index is 1.83. The molecule has 0 saturated carbocycles. The largest absolute Gasteiger partial charge is 0.390 e. The molecule has 92 valence electrons. The summed E-state index contributed by atoms with van der Waals surface area (Å²) in [6.45, 7) is 8.88. The van der Waals surface area contributed by atoms with Crippen molar-refractivity contribution in [1.82, 2.24) is 4.90 Å². The lowest BCUT2D eigenvalue weighted by molar-refractivity contribution is -0.101. The number of ether oxygens (including phenoxy) is 1. The summed E-state index contributed by atoms with van der Waals surface area (Å²) in [6, 6.07) is 0.609. The van der Waals surface area contributed by atoms with E-state index in [9.17, 15) is 5.11 Å². The molecule has 0 aliphatic carbocycles. The van der Waals surface area contributed by atoms with Crippen molar-refractivity contribution >= 4 is 0 Å². The molecule has 3 atom stereocenters. The highest BCUT2D eigenvalue weighted by molar-refractivity contribution is 4.98. The zero-order valence-corrected chi connectivity index (χ0v) is 10.2. The van der Waals surface area contributed by atoms with Crippen LogP contribution >= 0.6 is 0 Å². The number of morpholine rings is 1. The van der Waals surface area contributed by atoms with Gasteiger partial charge in [-0.3, -0.25) is 4.90 Å². The van der Waals surface area contributed by atoms with Gasteiger partial charge in [-0.15, -0.1) is 0 Å². The zero-order valence-electron chi connectivity index (χ0n) is 10.2. The third kappa shape index (κ3) is 2.65. The van der Waals surface area contributed by atoms with E-state index in [1.54, 1.807) is 0 Å². The van der Waals surface area contributed by atoms with Crippen LogP contribution in [-0.4, -0.2) is 48.0 Å². The summed E-state index contributed by atoms with van der Waals surface area (Å²) < 4.78 is 5.77. The second-order valence-corrected chi connectivity index (χ2v) is 5.04. The summed E-state index contributed by atoms with van der Waals surface area (Å²) in [4.78, 5) is 2.46. The van der Waals surface area contributed by atoms with Gasteiger partial charge in [0.05, 0.1) is 18.8 Å². The molecule has 0 spiro atoms. The topological polar surface area (TPSA) is 32.7 Å². The van der Waals surface area contributed by atoms with Crippen molar-refractivity contribution in [2.45, 2.75) is 50.9 Å². The molecule has 2 aliphatic rings. The van der Waals surface area contributed by atoms with Gasteiger partial charge in [0.2, 0.25) is 0 Å². The lowest BCUT2D eigenvalue weighted by Gasteiger charge is -2.37. The second kappa shape index (κ2) is 5.30. The maximum absolute atomic E-state index is 10.1. The Morgan fingerprint density at radius 3 is 3.19 bits per heavy atom. The van der Waals surface area contributed by atoms with Crippen molar-refractivity contribution in [1.29, 1.82) is 0 Å². The fraction of sp³-hybridized carbons (Fsp3) is 0.846. The highest BCUT2D eigenvalue weighted by Crippen LogP contribution is 2.25. The van der Waals surface area contributed by atoms with Crippen LogP contribution in [0.1, 0.15) is 32.6 Å². The van der Waals surface area contributed by atoms with Crippen LogP contribution in [0.4, 0.5) is 0 Å². The van der Waals surface area contributed by atoms with E-state index < -0.39 is 0 Å². The summed E-state index contributed by atoms with van der Waals surface area (Å²) >= 11 is 0. The zero-order chi connectivity index (χ0) is 11.5. The Morgan fingerprint density at radius 2 is 2.44 bits per heavy atom. The third-order valence-electron chi connectivity index (χ3n) is 3.84. The normalized spacial score (nSPS) is 32.4. The van der Waals surface area contributed by atoms with Crippen LogP contribution in [0.3, 0.4) is 0 Å². The summed E-state index contributed by atoms with van der Waals surface area (Å²) in [7, 11) is 0. The summed E-state index contributed by atoms with van der Waals surface area (Å²) in [5.41, 5.74) is 1.11. The van der Waals surface area contributed by atoms with Gasteiger partial charge in [-0.05, 0) is 32.2 Å². The molecule has 2 saturated heterocycles. The van der Waals surface area contributed by atoms with Gasteiger partial charge in [0.15, 0.2) is 0 Å². The van der Waals surface area contributed by atoms with Crippen molar-refractivity contribution in [3.8, 4) is 0 Å². The van der Waals surface area contributed by atoms with Gasteiger partial charge < -0.3 is 9.84 Å². The lowest BCUT2D eigenvalue weighted by atomic mass is 10.0. The van der Waals surface area contributed by atoms with Crippen molar-refractivity contribution < 1.29 is 9.84 Å². The number of rotatable bonds is 4. The molecule has 2 heterocycles. The van der Waals surface area contributed by atoms with E-state index >= 15 is 0 Å². The SMILES string of the molecule is C=C(CC)CC(O)C1CN2CCCC2CO1. The Kier molecular flexibility index (Phi) is 4.00. The van der Waals surface area contributed by atoms with Crippen molar-refractivity contribution in [3.63, 3.8) is 0 Å². The smallest absolute Gasteiger partial charge is 0.0964 e. The molecule has 16 heavy (non-hydrogen) atoms. The minimum Gasteiger partial charge on any atom is -0.390 e. The fourth-order valence-electron chi connectivity index (χ4n) is 2.65. The molecule has 0 bridgehead atoms. The molecule has 0 aromatic rings. The predicted octanol–water partition coefficient (Wildman–Crippen LogP) is 1.57. The fourth-order valence-corrected chi connectivity index (χ4v) is 2.65. The average molecular weight is 225 g/mol. The quantitative estimate of drug-likeness (QED) is 0.737. The highest BCUT2D eigenvalue weighted by Gasteiger charge is 2.35. The van der Waals surface area contributed by atoms with Crippen LogP contribution in [0.25, 0.3) is 0 Å². The van der Waals surface area contributed by atoms with Crippen LogP contribution in [0.15, 0.2) is 12.2 Å². The Labute approximate surface area is 98.1 Å². The van der Waals surface area contributed by atoms with Gasteiger partial charge in [0, 0.05) is 12.6 Å². The van der Waals surface area contributed by atoms with Crippen LogP contribution in [-0.2, 0) is 4.74 Å². The van der Waals surface area contributed by atoms with Gasteiger partial charge in [-0.25, -0.2) is 0 Å². The van der Waals surface area contributed by atoms with E-state index in [1.807, 2.05) is 0 Å². The predicted molar refractivity (Wildman–Crippen MR) is 64.4 cm³/mol. The first kappa shape index (κ1) is 12.1. The van der Waals surface area contributed by atoms with Crippen LogP contribution in [0.2, 0.25) is 0 Å². The van der Waals surface area contributed by atoms with Gasteiger partial charge in [0.25, 0.3) is 0 Å². The van der Waals surface area contributed by atoms with E-state index in [4.69, 9.17) is 4.74 Å². The summed E-state index contributed by atoms with van der Waals surface area (Å²) in [5, 5.41) is 10.1. The molecule has 0 aromatic carbocycles. The lowest BCUT2D eigenvalue weighted by Crippen LogP contribution is -2.50. The molecule has 2 aliphatic heterocycles. The molecule has 1 N–H and O–H groups in total. The number of hydrogen-bond acceptors (Lipinski definition) is 3. The molecular weight excluding hydrogens is 202 g/mol. The second-order valence-electron chi connectivity index (χ2n) is 5.04. The molecule has 3 heteroatoms. The van der Waals surface area contributed by atoms with E-state index in [0.717, 1.165) is 25.1 Å². The standard InChI is InChI=1S/C13H23NO2/c1-3-10(2)7-12(15)13-8-14-6-4-5-11(14)9-16-13/h11-13,15H,2-9H2,1H3. The molecule has 2 fully saturated rings. The molecule has 3 nitrogen and oxygen atoms in total. The molecule has 0 amide bonds. The van der Waals surface area contributed by atoms with E-state index in [1.165, 1.54) is 19.4 Å². The van der Waals surface area contributed by atoms with E-state index in [-0.39, 0.29) is 12.2 Å². The van der Waals surface area contributed by atoms with Crippen molar-refractivity contribution in [3.05, 3.63) is 12.2 Å². The van der Waals surface area contributed by atoms with E-state index in [2.05, 4.69) is 18.4 Å². The maximum Gasteiger partial charge on any atom is 0.0964 e. The third-order valence-corrected chi connectivity index (χ3v) is 3.84. The van der Waals surface area contributed by atoms with Crippen LogP contribution in [0.5, 0.6) is 0 Å². The summed E-state index contributed by atoms with van der Waals surface area (Å²) in [6.07, 6.45) is 3.75. The monoisotopic (exact) mass is 225 g/mol. The number of fused-ring (bicyclic) bond motifs is 1. The molecule has 0 radical (unpaired) electrons. The van der Waals surface area contributed by atoms with Gasteiger partial charge in [-0.2, -0.15) is 0 Å². The number of aliphatic hydroxyl groups is 1. The maximum atomic E-state index is 10.1. The Hall–Kier alpha value is -0.380. The van der Waals surface area contributed by atoms with Gasteiger partial charge >= 0.3 is 0 Å². The van der Waals surface area contributed by atoms with Gasteiger partial charge in [-0.1, -0.05) is 19.1 Å². The average Bonchev–Trinajstić information content (AvgIpc) is 2.75. The van der Waals surface area contributed by atoms with Gasteiger partial charge in [0.1, 0.15) is 0 Å². The first-order chi connectivity index (χ1) is 7.70. The number of hydrogen-bond donors (Lipinski definition) is 1. The molecule has 2 rings (SSSR count). The Morgan fingerprint density at radius 1 is 1.62 bits per heavy atom. The van der Waals surface area contributed by atoms with E-state index in [0.29, 0.717) is 12.5 Å².